The number of halogens is 1. The van der Waals surface area contributed by atoms with Crippen LogP contribution in [0.3, 0.4) is 0 Å². The molecule has 21 heavy (non-hydrogen) atoms. The maximum atomic E-state index is 12.6. The number of aryl methyl sites for hydroxylation is 4. The number of hydrogen-bond acceptors (Lipinski definition) is 2. The van der Waals surface area contributed by atoms with Crippen LogP contribution in [0.4, 0.5) is 5.69 Å². The van der Waals surface area contributed by atoms with Gasteiger partial charge in [0.05, 0.1) is 10.6 Å². The first-order valence-electron chi connectivity index (χ1n) is 6.57. The summed E-state index contributed by atoms with van der Waals surface area (Å²) in [6.07, 6.45) is 0. The first kappa shape index (κ1) is 16.0. The van der Waals surface area contributed by atoms with Gasteiger partial charge in [-0.25, -0.2) is 8.42 Å². The van der Waals surface area contributed by atoms with E-state index in [2.05, 4.69) is 20.7 Å². The van der Waals surface area contributed by atoms with Crippen molar-refractivity contribution in [3.63, 3.8) is 0 Å². The highest BCUT2D eigenvalue weighted by atomic mass is 79.9. The molecule has 0 aliphatic carbocycles. The summed E-state index contributed by atoms with van der Waals surface area (Å²) in [5.41, 5.74) is 4.20. The van der Waals surface area contributed by atoms with E-state index in [1.807, 2.05) is 52.0 Å². The number of anilines is 1. The van der Waals surface area contributed by atoms with E-state index in [0.29, 0.717) is 10.6 Å². The Morgan fingerprint density at radius 3 is 2.00 bits per heavy atom. The average molecular weight is 368 g/mol. The smallest absolute Gasteiger partial charge is 0.262 e. The van der Waals surface area contributed by atoms with E-state index in [1.54, 1.807) is 6.07 Å². The molecule has 0 aliphatic heterocycles. The van der Waals surface area contributed by atoms with Crippen molar-refractivity contribution in [3.8, 4) is 0 Å². The van der Waals surface area contributed by atoms with E-state index in [4.69, 9.17) is 0 Å². The van der Waals surface area contributed by atoms with E-state index in [0.717, 1.165) is 26.7 Å². The summed E-state index contributed by atoms with van der Waals surface area (Å²) >= 11 is 3.41. The van der Waals surface area contributed by atoms with E-state index >= 15 is 0 Å². The zero-order chi connectivity index (χ0) is 15.8. The van der Waals surface area contributed by atoms with Gasteiger partial charge in [0.1, 0.15) is 0 Å². The molecule has 0 bridgehead atoms. The monoisotopic (exact) mass is 367 g/mol. The Kier molecular flexibility index (Phi) is 4.44. The second-order valence-electron chi connectivity index (χ2n) is 5.29. The van der Waals surface area contributed by atoms with Gasteiger partial charge in [0.2, 0.25) is 0 Å². The molecule has 5 heteroatoms. The van der Waals surface area contributed by atoms with E-state index in [-0.39, 0.29) is 0 Å². The fraction of sp³-hybridized carbons (Fsp3) is 0.250. The lowest BCUT2D eigenvalue weighted by molar-refractivity contribution is 0.600. The van der Waals surface area contributed by atoms with Crippen molar-refractivity contribution in [2.75, 3.05) is 4.72 Å². The quantitative estimate of drug-likeness (QED) is 0.868. The Balaban J connectivity index is 2.47. The first-order valence-corrected chi connectivity index (χ1v) is 8.85. The normalized spacial score (nSPS) is 11.5. The predicted molar refractivity (Wildman–Crippen MR) is 90.3 cm³/mol. The van der Waals surface area contributed by atoms with Gasteiger partial charge in [0.15, 0.2) is 0 Å². The highest BCUT2D eigenvalue weighted by Gasteiger charge is 2.19. The van der Waals surface area contributed by atoms with Crippen molar-refractivity contribution in [2.24, 2.45) is 0 Å². The number of benzene rings is 2. The second kappa shape index (κ2) is 5.81. The summed E-state index contributed by atoms with van der Waals surface area (Å²) in [5, 5.41) is 0. The standard InChI is InChI=1S/C16H18BrNO2S/c1-10-5-6-15(11(2)7-10)21(19,20)18-16-12(3)8-14(17)9-13(16)4/h5-9,18H,1-4H3. The van der Waals surface area contributed by atoms with Gasteiger partial charge < -0.3 is 0 Å². The second-order valence-corrected chi connectivity index (χ2v) is 7.86. The number of hydrogen-bond donors (Lipinski definition) is 1. The van der Waals surface area contributed by atoms with Crippen LogP contribution in [0.2, 0.25) is 0 Å². The summed E-state index contributed by atoms with van der Waals surface area (Å²) < 4.78 is 28.8. The summed E-state index contributed by atoms with van der Waals surface area (Å²) in [4.78, 5) is 0.315. The zero-order valence-electron chi connectivity index (χ0n) is 12.5. The molecule has 0 heterocycles. The largest absolute Gasteiger partial charge is 0.279 e. The SMILES string of the molecule is Cc1ccc(S(=O)(=O)Nc2c(C)cc(Br)cc2C)c(C)c1. The summed E-state index contributed by atoms with van der Waals surface area (Å²) in [7, 11) is -3.58. The first-order chi connectivity index (χ1) is 9.70. The van der Waals surface area contributed by atoms with E-state index in [9.17, 15) is 8.42 Å². The van der Waals surface area contributed by atoms with Crippen molar-refractivity contribution < 1.29 is 8.42 Å². The molecule has 0 unspecified atom stereocenters. The van der Waals surface area contributed by atoms with Gasteiger partial charge in [0.25, 0.3) is 10.0 Å². The summed E-state index contributed by atoms with van der Waals surface area (Å²) in [6.45, 7) is 7.53. The highest BCUT2D eigenvalue weighted by molar-refractivity contribution is 9.10. The van der Waals surface area contributed by atoms with Crippen LogP contribution in [-0.2, 0) is 10.0 Å². The minimum Gasteiger partial charge on any atom is -0.279 e. The molecule has 0 aromatic heterocycles. The number of nitrogens with one attached hydrogen (secondary N) is 1. The number of sulfonamides is 1. The highest BCUT2D eigenvalue weighted by Crippen LogP contribution is 2.28. The topological polar surface area (TPSA) is 46.2 Å². The van der Waals surface area contributed by atoms with Crippen LogP contribution < -0.4 is 4.72 Å². The van der Waals surface area contributed by atoms with Crippen LogP contribution in [0, 0.1) is 27.7 Å². The zero-order valence-corrected chi connectivity index (χ0v) is 14.9. The molecule has 2 aromatic carbocycles. The van der Waals surface area contributed by atoms with Crippen molar-refractivity contribution >= 4 is 31.6 Å². The average Bonchev–Trinajstić information content (AvgIpc) is 2.33. The fourth-order valence-corrected chi connectivity index (χ4v) is 4.48. The van der Waals surface area contributed by atoms with Gasteiger partial charge in [-0.3, -0.25) is 4.72 Å². The Morgan fingerprint density at radius 1 is 0.905 bits per heavy atom. The molecule has 0 radical (unpaired) electrons. The Bertz CT molecular complexity index is 775. The van der Waals surface area contributed by atoms with Gasteiger partial charge in [-0.05, 0) is 62.6 Å². The lowest BCUT2D eigenvalue weighted by atomic mass is 10.1. The van der Waals surface area contributed by atoms with Crippen molar-refractivity contribution in [2.45, 2.75) is 32.6 Å². The summed E-state index contributed by atoms with van der Waals surface area (Å²) in [6, 6.07) is 9.12. The maximum absolute atomic E-state index is 12.6. The third-order valence-electron chi connectivity index (χ3n) is 3.35. The molecule has 0 amide bonds. The molecule has 2 rings (SSSR count). The van der Waals surface area contributed by atoms with Crippen molar-refractivity contribution in [1.29, 1.82) is 0 Å². The van der Waals surface area contributed by atoms with Gasteiger partial charge >= 0.3 is 0 Å². The molecule has 112 valence electrons. The third-order valence-corrected chi connectivity index (χ3v) is 5.32. The molecule has 0 spiro atoms. The van der Waals surface area contributed by atoms with E-state index in [1.165, 1.54) is 0 Å². The third kappa shape index (κ3) is 3.47. The van der Waals surface area contributed by atoms with Crippen LogP contribution in [0.5, 0.6) is 0 Å². The molecule has 1 N–H and O–H groups in total. The Labute approximate surface area is 134 Å². The lowest BCUT2D eigenvalue weighted by Crippen LogP contribution is -2.16. The maximum Gasteiger partial charge on any atom is 0.262 e. The minimum absolute atomic E-state index is 0.315. The number of rotatable bonds is 3. The van der Waals surface area contributed by atoms with Crippen molar-refractivity contribution in [1.82, 2.24) is 0 Å². The van der Waals surface area contributed by atoms with E-state index < -0.39 is 10.0 Å². The van der Waals surface area contributed by atoms with Gasteiger partial charge in [0, 0.05) is 4.47 Å². The molecule has 3 nitrogen and oxygen atoms in total. The fourth-order valence-electron chi connectivity index (χ4n) is 2.36. The van der Waals surface area contributed by atoms with Gasteiger partial charge in [-0.1, -0.05) is 33.6 Å². The van der Waals surface area contributed by atoms with Crippen LogP contribution in [0.15, 0.2) is 39.7 Å². The molecule has 0 aliphatic rings. The van der Waals surface area contributed by atoms with Gasteiger partial charge in [-0.15, -0.1) is 0 Å². The molecule has 0 saturated heterocycles. The Morgan fingerprint density at radius 2 is 1.48 bits per heavy atom. The minimum atomic E-state index is -3.58. The lowest BCUT2D eigenvalue weighted by Gasteiger charge is -2.15. The van der Waals surface area contributed by atoms with Crippen LogP contribution in [-0.4, -0.2) is 8.42 Å². The van der Waals surface area contributed by atoms with Gasteiger partial charge in [-0.2, -0.15) is 0 Å². The molecule has 0 saturated carbocycles. The van der Waals surface area contributed by atoms with Crippen LogP contribution >= 0.6 is 15.9 Å². The molecule has 2 aromatic rings. The van der Waals surface area contributed by atoms with Crippen LogP contribution in [0.1, 0.15) is 22.3 Å². The predicted octanol–water partition coefficient (Wildman–Crippen LogP) is 4.48. The van der Waals surface area contributed by atoms with Crippen LogP contribution in [0.25, 0.3) is 0 Å². The molecular formula is C16H18BrNO2S. The molecular weight excluding hydrogens is 350 g/mol. The molecule has 0 fully saturated rings. The summed E-state index contributed by atoms with van der Waals surface area (Å²) in [5.74, 6) is 0. The van der Waals surface area contributed by atoms with Crippen molar-refractivity contribution in [3.05, 3.63) is 57.1 Å². The molecule has 0 atom stereocenters. The Hall–Kier alpha value is -1.33.